The van der Waals surface area contributed by atoms with Crippen molar-refractivity contribution in [3.8, 4) is 22.3 Å². The van der Waals surface area contributed by atoms with Crippen LogP contribution in [0.4, 0.5) is 0 Å². The summed E-state index contributed by atoms with van der Waals surface area (Å²) in [5.41, 5.74) is 6.33. The summed E-state index contributed by atoms with van der Waals surface area (Å²) in [5, 5.41) is 7.77. The van der Waals surface area contributed by atoms with Crippen LogP contribution in [-0.2, 0) is 0 Å². The van der Waals surface area contributed by atoms with Crippen LogP contribution in [0.3, 0.4) is 0 Å². The van der Waals surface area contributed by atoms with E-state index in [0.717, 1.165) is 11.1 Å². The lowest BCUT2D eigenvalue weighted by Crippen LogP contribution is -1.91. The van der Waals surface area contributed by atoms with Crippen molar-refractivity contribution in [1.29, 1.82) is 5.41 Å². The van der Waals surface area contributed by atoms with Crippen molar-refractivity contribution in [3.05, 3.63) is 84.4 Å². The van der Waals surface area contributed by atoms with Crippen molar-refractivity contribution >= 4 is 5.71 Å². The summed E-state index contributed by atoms with van der Waals surface area (Å²) in [5.74, 6) is 0. The molecule has 0 amide bonds. The molecule has 3 aromatic carbocycles. The highest BCUT2D eigenvalue weighted by Crippen LogP contribution is 2.26. The molecule has 0 aliphatic carbocycles. The first-order valence-corrected chi connectivity index (χ1v) is 7.05. The topological polar surface area (TPSA) is 23.9 Å². The highest BCUT2D eigenvalue weighted by Gasteiger charge is 2.03. The molecule has 1 N–H and O–H groups in total. The van der Waals surface area contributed by atoms with Crippen molar-refractivity contribution in [2.45, 2.75) is 6.92 Å². The molecule has 0 aliphatic rings. The largest absolute Gasteiger partial charge is 0.305 e. The number of rotatable bonds is 3. The molecule has 0 spiro atoms. The zero-order valence-corrected chi connectivity index (χ0v) is 12.0. The van der Waals surface area contributed by atoms with Gasteiger partial charge in [-0.25, -0.2) is 0 Å². The second-order valence-electron chi connectivity index (χ2n) is 5.15. The van der Waals surface area contributed by atoms with E-state index >= 15 is 0 Å². The SMILES string of the molecule is CC(=N)c1cccc(-c2cccc(-c3ccccc3)c2)c1. The van der Waals surface area contributed by atoms with Gasteiger partial charge in [-0.05, 0) is 46.9 Å². The Bertz CT molecular complexity index is 773. The van der Waals surface area contributed by atoms with Crippen molar-refractivity contribution < 1.29 is 0 Å². The Morgan fingerprint density at radius 1 is 0.619 bits per heavy atom. The highest BCUT2D eigenvalue weighted by atomic mass is 14.4. The van der Waals surface area contributed by atoms with Gasteiger partial charge < -0.3 is 5.41 Å². The molecule has 0 saturated carbocycles. The molecule has 3 aromatic rings. The molecule has 0 bridgehead atoms. The van der Waals surface area contributed by atoms with E-state index in [-0.39, 0.29) is 0 Å². The third-order valence-corrected chi connectivity index (χ3v) is 3.60. The predicted octanol–water partition coefficient (Wildman–Crippen LogP) is 5.41. The van der Waals surface area contributed by atoms with Crippen LogP contribution in [0.2, 0.25) is 0 Å². The van der Waals surface area contributed by atoms with Crippen LogP contribution < -0.4 is 0 Å². The number of nitrogens with one attached hydrogen (secondary N) is 1. The molecule has 0 unspecified atom stereocenters. The lowest BCUT2D eigenvalue weighted by atomic mass is 9.97. The average Bonchev–Trinajstić information content (AvgIpc) is 2.56. The first kappa shape index (κ1) is 13.3. The van der Waals surface area contributed by atoms with Gasteiger partial charge in [-0.2, -0.15) is 0 Å². The molecule has 1 nitrogen and oxygen atoms in total. The normalized spacial score (nSPS) is 10.3. The van der Waals surface area contributed by atoms with Gasteiger partial charge in [0.05, 0.1) is 0 Å². The lowest BCUT2D eigenvalue weighted by molar-refractivity contribution is 1.45. The third-order valence-electron chi connectivity index (χ3n) is 3.60. The van der Waals surface area contributed by atoms with Gasteiger partial charge in [-0.15, -0.1) is 0 Å². The Morgan fingerprint density at radius 3 is 1.81 bits per heavy atom. The van der Waals surface area contributed by atoms with Crippen molar-refractivity contribution in [2.75, 3.05) is 0 Å². The molecule has 0 heterocycles. The second kappa shape index (κ2) is 5.76. The van der Waals surface area contributed by atoms with E-state index in [1.807, 2.05) is 25.1 Å². The van der Waals surface area contributed by atoms with Crippen molar-refractivity contribution in [1.82, 2.24) is 0 Å². The van der Waals surface area contributed by atoms with Gasteiger partial charge in [0, 0.05) is 5.71 Å². The molecular weight excluding hydrogens is 254 g/mol. The summed E-state index contributed by atoms with van der Waals surface area (Å²) in [7, 11) is 0. The molecule has 3 rings (SSSR count). The Balaban J connectivity index is 2.04. The van der Waals surface area contributed by atoms with E-state index < -0.39 is 0 Å². The van der Waals surface area contributed by atoms with Crippen molar-refractivity contribution in [2.24, 2.45) is 0 Å². The van der Waals surface area contributed by atoms with Gasteiger partial charge in [-0.1, -0.05) is 66.7 Å². The highest BCUT2D eigenvalue weighted by molar-refractivity contribution is 5.97. The number of benzene rings is 3. The molecule has 0 aliphatic heterocycles. The smallest absolute Gasteiger partial charge is 0.0355 e. The molecule has 21 heavy (non-hydrogen) atoms. The summed E-state index contributed by atoms with van der Waals surface area (Å²) in [6.07, 6.45) is 0. The molecule has 0 aromatic heterocycles. The number of hydrogen-bond acceptors (Lipinski definition) is 1. The van der Waals surface area contributed by atoms with Crippen LogP contribution in [-0.4, -0.2) is 5.71 Å². The van der Waals surface area contributed by atoms with E-state index in [1.54, 1.807) is 0 Å². The first-order chi connectivity index (χ1) is 10.2. The Hall–Kier alpha value is -2.67. The van der Waals surface area contributed by atoms with Gasteiger partial charge in [0.25, 0.3) is 0 Å². The molecule has 0 radical (unpaired) electrons. The van der Waals surface area contributed by atoms with E-state index in [0.29, 0.717) is 5.71 Å². The molecule has 0 saturated heterocycles. The van der Waals surface area contributed by atoms with Crippen LogP contribution in [0.15, 0.2) is 78.9 Å². The summed E-state index contributed by atoms with van der Waals surface area (Å²) in [6.45, 7) is 1.82. The monoisotopic (exact) mass is 271 g/mol. The first-order valence-electron chi connectivity index (χ1n) is 7.05. The van der Waals surface area contributed by atoms with Gasteiger partial charge in [0.15, 0.2) is 0 Å². The lowest BCUT2D eigenvalue weighted by Gasteiger charge is -2.07. The zero-order chi connectivity index (χ0) is 14.7. The average molecular weight is 271 g/mol. The Labute approximate surface area is 125 Å². The maximum Gasteiger partial charge on any atom is 0.0355 e. The van der Waals surface area contributed by atoms with E-state index in [9.17, 15) is 0 Å². The van der Waals surface area contributed by atoms with Gasteiger partial charge in [-0.3, -0.25) is 0 Å². The summed E-state index contributed by atoms with van der Waals surface area (Å²) in [4.78, 5) is 0. The minimum absolute atomic E-state index is 0.594. The van der Waals surface area contributed by atoms with Crippen molar-refractivity contribution in [3.63, 3.8) is 0 Å². The minimum atomic E-state index is 0.594. The maximum absolute atomic E-state index is 7.77. The van der Waals surface area contributed by atoms with Gasteiger partial charge in [0.2, 0.25) is 0 Å². The Kier molecular flexibility index (Phi) is 3.65. The third kappa shape index (κ3) is 2.92. The predicted molar refractivity (Wildman–Crippen MR) is 89.8 cm³/mol. The Morgan fingerprint density at radius 2 is 1.14 bits per heavy atom. The van der Waals surface area contributed by atoms with Crippen LogP contribution in [0.1, 0.15) is 12.5 Å². The number of hydrogen-bond donors (Lipinski definition) is 1. The molecule has 102 valence electrons. The van der Waals surface area contributed by atoms with E-state index in [1.165, 1.54) is 16.7 Å². The minimum Gasteiger partial charge on any atom is -0.305 e. The quantitative estimate of drug-likeness (QED) is 0.616. The van der Waals surface area contributed by atoms with E-state index in [2.05, 4.69) is 60.7 Å². The van der Waals surface area contributed by atoms with Crippen LogP contribution in [0.25, 0.3) is 22.3 Å². The van der Waals surface area contributed by atoms with Crippen LogP contribution in [0.5, 0.6) is 0 Å². The van der Waals surface area contributed by atoms with Gasteiger partial charge >= 0.3 is 0 Å². The van der Waals surface area contributed by atoms with Gasteiger partial charge in [0.1, 0.15) is 0 Å². The fourth-order valence-electron chi connectivity index (χ4n) is 2.44. The molecule has 0 atom stereocenters. The van der Waals surface area contributed by atoms with E-state index in [4.69, 9.17) is 5.41 Å². The molecule has 1 heteroatoms. The fraction of sp³-hybridized carbons (Fsp3) is 0.0500. The summed E-state index contributed by atoms with van der Waals surface area (Å²) in [6, 6.07) is 27.1. The molecule has 0 fully saturated rings. The standard InChI is InChI=1S/C20H17N/c1-15(21)17-9-5-11-19(13-17)20-12-6-10-18(14-20)16-7-3-2-4-8-16/h2-14,21H,1H3. The van der Waals surface area contributed by atoms with Crippen LogP contribution in [0, 0.1) is 5.41 Å². The molecular formula is C20H17N. The second-order valence-corrected chi connectivity index (χ2v) is 5.15. The zero-order valence-electron chi connectivity index (χ0n) is 12.0. The fourth-order valence-corrected chi connectivity index (χ4v) is 2.44. The summed E-state index contributed by atoms with van der Waals surface area (Å²) >= 11 is 0. The maximum atomic E-state index is 7.77. The summed E-state index contributed by atoms with van der Waals surface area (Å²) < 4.78 is 0. The van der Waals surface area contributed by atoms with Crippen LogP contribution >= 0.6 is 0 Å².